The van der Waals surface area contributed by atoms with Gasteiger partial charge in [0.05, 0.1) is 37.4 Å². The minimum Gasteiger partial charge on any atom is -0.461 e. The highest BCUT2D eigenvalue weighted by molar-refractivity contribution is 7.52. The van der Waals surface area contributed by atoms with E-state index in [2.05, 4.69) is 15.2 Å². The van der Waals surface area contributed by atoms with E-state index in [1.807, 2.05) is 0 Å². The van der Waals surface area contributed by atoms with Gasteiger partial charge in [0.15, 0.2) is 23.6 Å². The van der Waals surface area contributed by atoms with Crippen LogP contribution in [0.2, 0.25) is 0 Å². The molecule has 1 aliphatic rings. The molecule has 2 aromatic heterocycles. The van der Waals surface area contributed by atoms with Crippen molar-refractivity contribution in [3.8, 4) is 5.75 Å². The average Bonchev–Trinajstić information content (AvgIpc) is 3.56. The van der Waals surface area contributed by atoms with Crippen molar-refractivity contribution in [2.24, 2.45) is 11.8 Å². The van der Waals surface area contributed by atoms with Crippen LogP contribution in [0.3, 0.4) is 0 Å². The van der Waals surface area contributed by atoms with Gasteiger partial charge >= 0.3 is 25.7 Å². The molecular formula is C34H47FN5O11P. The van der Waals surface area contributed by atoms with Crippen LogP contribution in [-0.4, -0.2) is 90.0 Å². The van der Waals surface area contributed by atoms with Gasteiger partial charge in [0, 0.05) is 20.0 Å². The van der Waals surface area contributed by atoms with E-state index in [1.165, 1.54) is 36.0 Å². The monoisotopic (exact) mass is 751 g/mol. The molecule has 0 radical (unpaired) electrons. The van der Waals surface area contributed by atoms with Gasteiger partial charge in [-0.25, -0.2) is 18.5 Å². The van der Waals surface area contributed by atoms with E-state index in [9.17, 15) is 18.9 Å². The number of benzene rings is 1. The first-order chi connectivity index (χ1) is 24.7. The molecule has 0 aliphatic carbocycles. The van der Waals surface area contributed by atoms with E-state index in [0.29, 0.717) is 31.6 Å². The normalized spacial score (nSPS) is 17.9. The molecule has 3 heterocycles. The van der Waals surface area contributed by atoms with Gasteiger partial charge in [0.2, 0.25) is 0 Å². The summed E-state index contributed by atoms with van der Waals surface area (Å²) in [5.41, 5.74) is 4.21. The number of halogens is 1. The van der Waals surface area contributed by atoms with E-state index in [4.69, 9.17) is 38.5 Å². The number of anilines is 1. The van der Waals surface area contributed by atoms with E-state index in [1.54, 1.807) is 52.0 Å². The van der Waals surface area contributed by atoms with Crippen LogP contribution in [0.5, 0.6) is 5.75 Å². The largest absolute Gasteiger partial charge is 0.461 e. The van der Waals surface area contributed by atoms with Crippen LogP contribution in [0.4, 0.5) is 10.2 Å². The van der Waals surface area contributed by atoms with Crippen molar-refractivity contribution in [2.45, 2.75) is 77.4 Å². The lowest BCUT2D eigenvalue weighted by Crippen LogP contribution is -2.56. The van der Waals surface area contributed by atoms with E-state index < -0.39 is 80.7 Å². The maximum Gasteiger partial charge on any atom is 0.459 e. The van der Waals surface area contributed by atoms with Crippen LogP contribution >= 0.6 is 7.75 Å². The van der Waals surface area contributed by atoms with Crippen molar-refractivity contribution in [2.75, 3.05) is 39.3 Å². The zero-order valence-electron chi connectivity index (χ0n) is 30.1. The molecule has 1 fully saturated rings. The number of hydrogen-bond acceptors (Lipinski definition) is 14. The fourth-order valence-corrected chi connectivity index (χ4v) is 6.66. The Balaban J connectivity index is 1.76. The molecule has 0 bridgehead atoms. The number of ether oxygens (including phenoxy) is 5. The Hall–Kier alpha value is -4.15. The minimum absolute atomic E-state index is 0.0901. The van der Waals surface area contributed by atoms with Crippen molar-refractivity contribution in [3.63, 3.8) is 0 Å². The molecule has 3 N–H and O–H groups in total. The summed E-state index contributed by atoms with van der Waals surface area (Å²) in [5, 5.41) is 6.81. The first-order valence-corrected chi connectivity index (χ1v) is 18.4. The highest BCUT2D eigenvalue weighted by Crippen LogP contribution is 2.47. The number of alkyl halides is 1. The van der Waals surface area contributed by atoms with Crippen LogP contribution in [0.1, 0.15) is 59.3 Å². The summed E-state index contributed by atoms with van der Waals surface area (Å²) in [4.78, 5) is 43.6. The zero-order valence-corrected chi connectivity index (χ0v) is 31.0. The Morgan fingerprint density at radius 1 is 1.02 bits per heavy atom. The molecular weight excluding hydrogens is 704 g/mol. The lowest BCUT2D eigenvalue weighted by atomic mass is 9.91. The predicted molar refractivity (Wildman–Crippen MR) is 185 cm³/mol. The summed E-state index contributed by atoms with van der Waals surface area (Å²) in [6.07, 6.45) is -1.61. The summed E-state index contributed by atoms with van der Waals surface area (Å²) in [5.74, 6) is -3.47. The summed E-state index contributed by atoms with van der Waals surface area (Å²) in [7, 11) is -3.49. The van der Waals surface area contributed by atoms with Crippen molar-refractivity contribution in [3.05, 3.63) is 54.5 Å². The third-order valence-corrected chi connectivity index (χ3v) is 9.89. The number of rotatable bonds is 18. The Labute approximate surface area is 301 Å². The van der Waals surface area contributed by atoms with E-state index in [0.717, 1.165) is 7.11 Å². The topological polar surface area (TPSA) is 201 Å². The molecule has 0 saturated carbocycles. The van der Waals surface area contributed by atoms with Gasteiger partial charge < -0.3 is 33.9 Å². The van der Waals surface area contributed by atoms with Gasteiger partial charge in [-0.2, -0.15) is 10.2 Å². The molecule has 18 heteroatoms. The summed E-state index contributed by atoms with van der Waals surface area (Å²) in [6, 6.07) is 9.78. The molecule has 0 amide bonds. The number of fused-ring (bicyclic) bond motifs is 1. The molecule has 286 valence electrons. The molecule has 1 aliphatic heterocycles. The fourth-order valence-electron chi connectivity index (χ4n) is 5.11. The highest BCUT2D eigenvalue weighted by Gasteiger charge is 2.52. The average molecular weight is 752 g/mol. The number of carbonyl (C=O) groups is 3. The summed E-state index contributed by atoms with van der Waals surface area (Å²) in [6.45, 7) is 6.22. The second-order valence-corrected chi connectivity index (χ2v) is 14.6. The Morgan fingerprint density at radius 2 is 1.67 bits per heavy atom. The van der Waals surface area contributed by atoms with Gasteiger partial charge in [-0.15, -0.1) is 0 Å². The maximum absolute atomic E-state index is 15.7. The Kier molecular flexibility index (Phi) is 14.1. The molecule has 1 unspecified atom stereocenters. The van der Waals surface area contributed by atoms with Crippen LogP contribution in [-0.2, 0) is 47.2 Å². The summed E-state index contributed by atoms with van der Waals surface area (Å²) < 4.78 is 71.7. The zero-order chi connectivity index (χ0) is 38.1. The Morgan fingerprint density at radius 3 is 2.29 bits per heavy atom. The third-order valence-electron chi connectivity index (χ3n) is 8.26. The van der Waals surface area contributed by atoms with Crippen molar-refractivity contribution in [1.29, 1.82) is 0 Å². The second-order valence-electron chi connectivity index (χ2n) is 12.9. The number of esters is 3. The molecule has 1 aromatic carbocycles. The number of carbonyl (C=O) groups excluding carboxylic acids is 3. The lowest BCUT2D eigenvalue weighted by molar-refractivity contribution is -0.211. The molecule has 16 nitrogen and oxygen atoms in total. The van der Waals surface area contributed by atoms with Crippen molar-refractivity contribution in [1.82, 2.24) is 19.7 Å². The van der Waals surface area contributed by atoms with Crippen molar-refractivity contribution >= 4 is 37.0 Å². The van der Waals surface area contributed by atoms with Crippen LogP contribution < -0.4 is 15.3 Å². The maximum atomic E-state index is 15.7. The first-order valence-electron chi connectivity index (χ1n) is 16.9. The van der Waals surface area contributed by atoms with Crippen LogP contribution in [0, 0.1) is 11.8 Å². The lowest BCUT2D eigenvalue weighted by Gasteiger charge is -2.40. The first kappa shape index (κ1) is 40.6. The quantitative estimate of drug-likeness (QED) is 0.105. The van der Waals surface area contributed by atoms with Crippen LogP contribution in [0.25, 0.3) is 5.52 Å². The number of hydrogen-bond donors (Lipinski definition) is 2. The summed E-state index contributed by atoms with van der Waals surface area (Å²) >= 11 is 0. The second kappa shape index (κ2) is 18.1. The SMILES string of the molecule is CO[C@](CF)(COP(=O)(N[C@@H](C)C(=O)OC1CCOCC1)Oc1ccccc1)[C@@H](OC(=O)C(C)C)[C@@H](OC(=O)C(C)C)c1ccc2c(N)ncnn12. The predicted octanol–water partition coefficient (Wildman–Crippen LogP) is 4.38. The Bertz CT molecular complexity index is 1700. The molecule has 5 atom stereocenters. The number of para-hydroxylation sites is 1. The van der Waals surface area contributed by atoms with Gasteiger partial charge in [0.1, 0.15) is 36.4 Å². The molecule has 3 aromatic rings. The van der Waals surface area contributed by atoms with E-state index >= 15 is 4.39 Å². The number of nitrogen functional groups attached to an aromatic ring is 1. The number of nitrogens with one attached hydrogen (secondary N) is 1. The van der Waals surface area contributed by atoms with Gasteiger partial charge in [0.25, 0.3) is 0 Å². The number of aromatic nitrogens is 3. The van der Waals surface area contributed by atoms with E-state index in [-0.39, 0.29) is 17.3 Å². The molecule has 0 spiro atoms. The molecule has 52 heavy (non-hydrogen) atoms. The smallest absolute Gasteiger partial charge is 0.459 e. The number of nitrogens with zero attached hydrogens (tertiary/aromatic N) is 3. The fraction of sp³-hybridized carbons (Fsp3) is 0.559. The highest BCUT2D eigenvalue weighted by atomic mass is 31.2. The van der Waals surface area contributed by atoms with Gasteiger partial charge in [-0.3, -0.25) is 18.9 Å². The third kappa shape index (κ3) is 10.0. The van der Waals surface area contributed by atoms with Crippen molar-refractivity contribution < 1.29 is 56.1 Å². The van der Waals surface area contributed by atoms with Gasteiger partial charge in [-0.05, 0) is 31.2 Å². The standard InChI is InChI=1S/C34H47FN5O11P/c1-21(2)31(41)49-28(26-12-13-27-30(36)37-20-38-40(26)27)29(50-32(42)22(3)4)34(18-35,45-6)19-47-52(44,51-25-10-8-7-9-11-25)39-23(5)33(43)48-24-14-16-46-17-15-24/h7-13,20-24,28-29H,14-19H2,1-6H3,(H,39,44)(H2,36,37,38)/t23-,28-,29-,34+,52?/m0/s1. The van der Waals surface area contributed by atoms with Gasteiger partial charge in [-0.1, -0.05) is 45.9 Å². The number of methoxy groups -OCH3 is 1. The van der Waals surface area contributed by atoms with Crippen LogP contribution in [0.15, 0.2) is 48.8 Å². The number of nitrogens with two attached hydrogens (primary N) is 1. The molecule has 1 saturated heterocycles. The minimum atomic E-state index is -4.61. The molecule has 4 rings (SSSR count).